The van der Waals surface area contributed by atoms with Gasteiger partial charge in [-0.3, -0.25) is 0 Å². The first-order valence-corrected chi connectivity index (χ1v) is 5.36. The number of nitrogens with zero attached hydrogens (tertiary/aromatic N) is 3. The van der Waals surface area contributed by atoms with E-state index in [9.17, 15) is 0 Å². The molecule has 0 saturated heterocycles. The molecule has 1 heterocycles. The molecular weight excluding hydrogens is 236 g/mol. The number of halogens is 1. The molecule has 2 aromatic rings. The summed E-state index contributed by atoms with van der Waals surface area (Å²) in [6, 6.07) is 11.1. The highest BCUT2D eigenvalue weighted by Crippen LogP contribution is 2.10. The highest BCUT2D eigenvalue weighted by Gasteiger charge is 1.97. The quantitative estimate of drug-likeness (QED) is 0.843. The van der Waals surface area contributed by atoms with Crippen molar-refractivity contribution in [1.29, 1.82) is 5.26 Å². The molecule has 0 unspecified atom stereocenters. The number of hydrogen-bond acceptors (Lipinski definition) is 4. The van der Waals surface area contributed by atoms with Gasteiger partial charge in [0.15, 0.2) is 0 Å². The number of nitrogens with one attached hydrogen (secondary N) is 1. The van der Waals surface area contributed by atoms with Crippen LogP contribution in [0.1, 0.15) is 11.1 Å². The Morgan fingerprint density at radius 2 is 2.00 bits per heavy atom. The average molecular weight is 245 g/mol. The van der Waals surface area contributed by atoms with Gasteiger partial charge in [0.1, 0.15) is 17.3 Å². The molecule has 0 amide bonds. The molecule has 5 heteroatoms. The second-order valence-corrected chi connectivity index (χ2v) is 3.78. The van der Waals surface area contributed by atoms with Crippen molar-refractivity contribution in [1.82, 2.24) is 9.97 Å². The van der Waals surface area contributed by atoms with Crippen LogP contribution in [0.15, 0.2) is 36.7 Å². The second kappa shape index (κ2) is 5.28. The summed E-state index contributed by atoms with van der Waals surface area (Å²) in [6.45, 7) is 0.624. The van der Waals surface area contributed by atoms with Crippen LogP contribution in [-0.4, -0.2) is 9.97 Å². The predicted molar refractivity (Wildman–Crippen MR) is 65.5 cm³/mol. The number of hydrogen-bond donors (Lipinski definition) is 1. The molecule has 0 bridgehead atoms. The fourth-order valence-electron chi connectivity index (χ4n) is 1.32. The average Bonchev–Trinajstić information content (AvgIpc) is 2.37. The van der Waals surface area contributed by atoms with Crippen LogP contribution in [0, 0.1) is 11.3 Å². The molecule has 2 rings (SSSR count). The topological polar surface area (TPSA) is 61.6 Å². The van der Waals surface area contributed by atoms with Crippen molar-refractivity contribution in [3.8, 4) is 6.07 Å². The number of anilines is 1. The molecular formula is C12H9ClN4. The van der Waals surface area contributed by atoms with Crippen molar-refractivity contribution in [2.45, 2.75) is 6.54 Å². The van der Waals surface area contributed by atoms with E-state index >= 15 is 0 Å². The van der Waals surface area contributed by atoms with Gasteiger partial charge in [-0.1, -0.05) is 23.7 Å². The minimum absolute atomic E-state index is 0.405. The summed E-state index contributed by atoms with van der Waals surface area (Å²) in [5, 5.41) is 12.2. The molecule has 4 nitrogen and oxygen atoms in total. The number of rotatable bonds is 3. The lowest BCUT2D eigenvalue weighted by Gasteiger charge is -2.05. The van der Waals surface area contributed by atoms with Crippen LogP contribution < -0.4 is 5.32 Å². The van der Waals surface area contributed by atoms with Gasteiger partial charge in [-0.2, -0.15) is 5.26 Å². The molecule has 1 N–H and O–H groups in total. The summed E-state index contributed by atoms with van der Waals surface area (Å²) in [4.78, 5) is 7.83. The van der Waals surface area contributed by atoms with Gasteiger partial charge in [0.25, 0.3) is 0 Å². The second-order valence-electron chi connectivity index (χ2n) is 3.39. The Hall–Kier alpha value is -2.12. The molecule has 0 aliphatic carbocycles. The first-order valence-electron chi connectivity index (χ1n) is 4.98. The van der Waals surface area contributed by atoms with Crippen molar-refractivity contribution in [2.24, 2.45) is 0 Å². The summed E-state index contributed by atoms with van der Waals surface area (Å²) in [5.41, 5.74) is 1.72. The minimum atomic E-state index is 0.405. The van der Waals surface area contributed by atoms with Gasteiger partial charge in [-0.05, 0) is 17.7 Å². The van der Waals surface area contributed by atoms with E-state index in [1.165, 1.54) is 6.33 Å². The highest BCUT2D eigenvalue weighted by molar-refractivity contribution is 6.29. The fourth-order valence-corrected chi connectivity index (χ4v) is 1.47. The fraction of sp³-hybridized carbons (Fsp3) is 0.0833. The van der Waals surface area contributed by atoms with E-state index in [1.54, 1.807) is 18.2 Å². The summed E-state index contributed by atoms with van der Waals surface area (Å²) >= 11 is 5.74. The summed E-state index contributed by atoms with van der Waals surface area (Å²) in [5.74, 6) is 0.675. The zero-order valence-corrected chi connectivity index (χ0v) is 9.65. The van der Waals surface area contributed by atoms with Crippen LogP contribution in [0.4, 0.5) is 5.82 Å². The smallest absolute Gasteiger partial charge is 0.134 e. The van der Waals surface area contributed by atoms with Gasteiger partial charge in [-0.25, -0.2) is 9.97 Å². The highest BCUT2D eigenvalue weighted by atomic mass is 35.5. The van der Waals surface area contributed by atoms with Crippen molar-refractivity contribution < 1.29 is 0 Å². The molecule has 0 fully saturated rings. The Kier molecular flexibility index (Phi) is 3.53. The van der Waals surface area contributed by atoms with Gasteiger partial charge in [0.05, 0.1) is 11.6 Å². The lowest BCUT2D eigenvalue weighted by atomic mass is 10.1. The minimum Gasteiger partial charge on any atom is -0.366 e. The number of aromatic nitrogens is 2. The van der Waals surface area contributed by atoms with Gasteiger partial charge in [-0.15, -0.1) is 0 Å². The van der Waals surface area contributed by atoms with Crippen molar-refractivity contribution >= 4 is 17.4 Å². The van der Waals surface area contributed by atoms with E-state index in [-0.39, 0.29) is 0 Å². The van der Waals surface area contributed by atoms with E-state index < -0.39 is 0 Å². The maximum Gasteiger partial charge on any atom is 0.134 e. The molecule has 17 heavy (non-hydrogen) atoms. The van der Waals surface area contributed by atoms with Crippen LogP contribution in [0.3, 0.4) is 0 Å². The van der Waals surface area contributed by atoms with Gasteiger partial charge >= 0.3 is 0 Å². The molecule has 0 atom stereocenters. The van der Waals surface area contributed by atoms with Crippen molar-refractivity contribution in [2.75, 3.05) is 5.32 Å². The third-order valence-electron chi connectivity index (χ3n) is 2.19. The van der Waals surface area contributed by atoms with E-state index in [1.807, 2.05) is 12.1 Å². The zero-order valence-electron chi connectivity index (χ0n) is 8.89. The number of nitriles is 1. The molecule has 84 valence electrons. The summed E-state index contributed by atoms with van der Waals surface area (Å²) in [7, 11) is 0. The maximum atomic E-state index is 8.67. The molecule has 1 aromatic heterocycles. The molecule has 0 saturated carbocycles. The normalized spacial score (nSPS) is 9.65. The largest absolute Gasteiger partial charge is 0.366 e. The Labute approximate surface area is 104 Å². The third-order valence-corrected chi connectivity index (χ3v) is 2.40. The monoisotopic (exact) mass is 244 g/mol. The van der Waals surface area contributed by atoms with E-state index in [0.717, 1.165) is 5.56 Å². The maximum absolute atomic E-state index is 8.67. The van der Waals surface area contributed by atoms with Crippen molar-refractivity contribution in [3.63, 3.8) is 0 Å². The predicted octanol–water partition coefficient (Wildman–Crippen LogP) is 2.61. The first-order chi connectivity index (χ1) is 8.28. The van der Waals surface area contributed by atoms with Crippen LogP contribution in [0.2, 0.25) is 5.15 Å². The van der Waals surface area contributed by atoms with E-state index in [4.69, 9.17) is 16.9 Å². The SMILES string of the molecule is N#Cc1ccc(CNc2cc(Cl)ncn2)cc1. The van der Waals surface area contributed by atoms with Crippen LogP contribution in [0.5, 0.6) is 0 Å². The Morgan fingerprint density at radius 1 is 1.24 bits per heavy atom. The van der Waals surface area contributed by atoms with Gasteiger partial charge in [0.2, 0.25) is 0 Å². The summed E-state index contributed by atoms with van der Waals surface area (Å²) in [6.07, 6.45) is 1.41. The van der Waals surface area contributed by atoms with Gasteiger partial charge in [0, 0.05) is 12.6 Å². The first kappa shape index (κ1) is 11.4. The Morgan fingerprint density at radius 3 is 2.65 bits per heavy atom. The lowest BCUT2D eigenvalue weighted by Crippen LogP contribution is -2.01. The zero-order chi connectivity index (χ0) is 12.1. The molecule has 0 spiro atoms. The Bertz CT molecular complexity index is 545. The Balaban J connectivity index is 2.00. The molecule has 0 aliphatic rings. The standard InChI is InChI=1S/C12H9ClN4/c13-11-5-12(17-8-16-11)15-7-10-3-1-9(6-14)2-4-10/h1-5,8H,7H2,(H,15,16,17). The van der Waals surface area contributed by atoms with E-state index in [0.29, 0.717) is 23.1 Å². The van der Waals surface area contributed by atoms with Crippen LogP contribution in [-0.2, 0) is 6.54 Å². The third kappa shape index (κ3) is 3.16. The van der Waals surface area contributed by atoms with Crippen LogP contribution in [0.25, 0.3) is 0 Å². The molecule has 1 aromatic carbocycles. The van der Waals surface area contributed by atoms with Gasteiger partial charge < -0.3 is 5.32 Å². The number of benzene rings is 1. The van der Waals surface area contributed by atoms with Crippen LogP contribution >= 0.6 is 11.6 Å². The lowest BCUT2D eigenvalue weighted by molar-refractivity contribution is 1.08. The molecule has 0 radical (unpaired) electrons. The van der Waals surface area contributed by atoms with Crippen molar-refractivity contribution in [3.05, 3.63) is 52.9 Å². The van der Waals surface area contributed by atoms with E-state index in [2.05, 4.69) is 21.4 Å². The molecule has 0 aliphatic heterocycles. The summed E-state index contributed by atoms with van der Waals surface area (Å²) < 4.78 is 0.